The number of ether oxygens (including phenoxy) is 1. The molecular weight excluding hydrogens is 318 g/mol. The van der Waals surface area contributed by atoms with E-state index in [-0.39, 0.29) is 22.5 Å². The molecule has 0 aromatic carbocycles. The van der Waals surface area contributed by atoms with Gasteiger partial charge in [0, 0.05) is 36.4 Å². The predicted molar refractivity (Wildman–Crippen MR) is 77.0 cm³/mol. The molecule has 1 atom stereocenters. The zero-order valence-corrected chi connectivity index (χ0v) is 13.4. The molecule has 1 saturated carbocycles. The van der Waals surface area contributed by atoms with Gasteiger partial charge in [0.15, 0.2) is 5.69 Å². The molecule has 1 aliphatic carbocycles. The number of H-pyrrole nitrogens is 1. The fourth-order valence-electron chi connectivity index (χ4n) is 2.05. The highest BCUT2D eigenvalue weighted by molar-refractivity contribution is 8.13. The summed E-state index contributed by atoms with van der Waals surface area (Å²) in [5.74, 6) is -0.463. The maximum atomic E-state index is 12.2. The molecular formula is C12H18ClN3O4S. The Morgan fingerprint density at radius 2 is 2.24 bits per heavy atom. The van der Waals surface area contributed by atoms with Crippen molar-refractivity contribution in [3.63, 3.8) is 0 Å². The number of rotatable bonds is 7. The Kier molecular flexibility index (Phi) is 4.90. The second kappa shape index (κ2) is 6.33. The van der Waals surface area contributed by atoms with Gasteiger partial charge >= 0.3 is 0 Å². The van der Waals surface area contributed by atoms with Crippen LogP contribution in [0.5, 0.6) is 0 Å². The average molecular weight is 336 g/mol. The van der Waals surface area contributed by atoms with E-state index < -0.39 is 15.0 Å². The molecule has 1 unspecified atom stereocenters. The first kappa shape index (κ1) is 16.3. The minimum Gasteiger partial charge on any atom is -0.385 e. The molecule has 0 aliphatic heterocycles. The summed E-state index contributed by atoms with van der Waals surface area (Å²) in [5, 5.41) is 9.18. The molecule has 1 amide bonds. The van der Waals surface area contributed by atoms with Gasteiger partial charge in [-0.1, -0.05) is 0 Å². The molecule has 1 aromatic rings. The summed E-state index contributed by atoms with van der Waals surface area (Å²) in [5.41, 5.74) is 0.260. The average Bonchev–Trinajstić information content (AvgIpc) is 3.13. The third-order valence-corrected chi connectivity index (χ3v) is 4.69. The van der Waals surface area contributed by atoms with Gasteiger partial charge in [-0.05, 0) is 26.2 Å². The normalized spacial score (nSPS) is 16.7. The van der Waals surface area contributed by atoms with Crippen LogP contribution in [-0.2, 0) is 13.8 Å². The van der Waals surface area contributed by atoms with Gasteiger partial charge in [-0.2, -0.15) is 5.10 Å². The van der Waals surface area contributed by atoms with Crippen LogP contribution in [0.4, 0.5) is 0 Å². The molecule has 0 radical (unpaired) electrons. The first-order valence-electron chi connectivity index (χ1n) is 6.67. The van der Waals surface area contributed by atoms with Crippen LogP contribution >= 0.6 is 10.7 Å². The van der Waals surface area contributed by atoms with Crippen LogP contribution in [0.3, 0.4) is 0 Å². The van der Waals surface area contributed by atoms with Crippen molar-refractivity contribution in [2.24, 2.45) is 0 Å². The fourth-order valence-corrected chi connectivity index (χ4v) is 3.37. The Hall–Kier alpha value is -1.12. The molecule has 2 N–H and O–H groups in total. The number of aromatic amines is 1. The molecule has 2 rings (SSSR count). The Morgan fingerprint density at radius 3 is 2.76 bits per heavy atom. The Bertz CT molecular complexity index is 624. The van der Waals surface area contributed by atoms with Crippen molar-refractivity contribution in [3.8, 4) is 0 Å². The van der Waals surface area contributed by atoms with Gasteiger partial charge in [0.1, 0.15) is 4.90 Å². The summed E-state index contributed by atoms with van der Waals surface area (Å²) < 4.78 is 28.4. The third-order valence-electron chi connectivity index (χ3n) is 3.32. The number of nitrogens with zero attached hydrogens (tertiary/aromatic N) is 1. The van der Waals surface area contributed by atoms with E-state index in [0.717, 1.165) is 12.8 Å². The summed E-state index contributed by atoms with van der Waals surface area (Å²) in [6.07, 6.45) is 2.35. The molecule has 1 aliphatic rings. The maximum absolute atomic E-state index is 12.2. The number of halogens is 1. The van der Waals surface area contributed by atoms with E-state index in [1.54, 1.807) is 14.0 Å². The smallest absolute Gasteiger partial charge is 0.273 e. The molecule has 0 saturated heterocycles. The summed E-state index contributed by atoms with van der Waals surface area (Å²) >= 11 is 0. The summed E-state index contributed by atoms with van der Waals surface area (Å²) in [6.45, 7) is 2.30. The zero-order chi connectivity index (χ0) is 15.6. The lowest BCUT2D eigenvalue weighted by Crippen LogP contribution is -2.34. The van der Waals surface area contributed by atoms with Crippen molar-refractivity contribution in [1.29, 1.82) is 0 Å². The molecule has 1 fully saturated rings. The first-order valence-corrected chi connectivity index (χ1v) is 8.98. The van der Waals surface area contributed by atoms with Crippen molar-refractivity contribution in [2.75, 3.05) is 13.7 Å². The topological polar surface area (TPSA) is 101 Å². The Morgan fingerprint density at radius 1 is 1.57 bits per heavy atom. The standard InChI is InChI=1S/C12H18ClN3O4S/c1-7(5-6-20-2)14-12(17)10-11(21(13,18)19)9(15-16-10)8-3-4-8/h7-8H,3-6H2,1-2H3,(H,14,17)(H,15,16). The summed E-state index contributed by atoms with van der Waals surface area (Å²) in [6, 6.07) is -0.163. The van der Waals surface area contributed by atoms with Crippen molar-refractivity contribution >= 4 is 25.6 Å². The van der Waals surface area contributed by atoms with Crippen molar-refractivity contribution in [2.45, 2.75) is 43.0 Å². The minimum atomic E-state index is -4.03. The molecule has 0 bridgehead atoms. The summed E-state index contributed by atoms with van der Waals surface area (Å²) in [7, 11) is 3.00. The minimum absolute atomic E-state index is 0.0912. The van der Waals surface area contributed by atoms with E-state index in [2.05, 4.69) is 15.5 Å². The van der Waals surface area contributed by atoms with Gasteiger partial charge in [-0.25, -0.2) is 8.42 Å². The highest BCUT2D eigenvalue weighted by atomic mass is 35.7. The van der Waals surface area contributed by atoms with Crippen LogP contribution in [0.15, 0.2) is 4.90 Å². The van der Waals surface area contributed by atoms with Crippen molar-refractivity contribution < 1.29 is 17.9 Å². The maximum Gasteiger partial charge on any atom is 0.273 e. The predicted octanol–water partition coefficient (Wildman–Crippen LogP) is 1.37. The number of carbonyl (C=O) groups excluding carboxylic acids is 1. The van der Waals surface area contributed by atoms with Crippen molar-refractivity contribution in [1.82, 2.24) is 15.5 Å². The highest BCUT2D eigenvalue weighted by Gasteiger charge is 2.36. The second-order valence-corrected chi connectivity index (χ2v) is 7.69. The molecule has 1 heterocycles. The quantitative estimate of drug-likeness (QED) is 0.733. The van der Waals surface area contributed by atoms with Gasteiger partial charge in [0.25, 0.3) is 15.0 Å². The lowest BCUT2D eigenvalue weighted by atomic mass is 10.2. The van der Waals surface area contributed by atoms with E-state index in [1.807, 2.05) is 0 Å². The lowest BCUT2D eigenvalue weighted by Gasteiger charge is -2.12. The van der Waals surface area contributed by atoms with Crippen LogP contribution in [0, 0.1) is 0 Å². The van der Waals surface area contributed by atoms with Crippen LogP contribution in [0.1, 0.15) is 48.3 Å². The van der Waals surface area contributed by atoms with Gasteiger partial charge in [0.2, 0.25) is 0 Å². The highest BCUT2D eigenvalue weighted by Crippen LogP contribution is 2.43. The van der Waals surface area contributed by atoms with Gasteiger partial charge in [-0.3, -0.25) is 9.89 Å². The van der Waals surface area contributed by atoms with Crippen LogP contribution < -0.4 is 5.32 Å². The third kappa shape index (κ3) is 3.96. The number of hydrogen-bond acceptors (Lipinski definition) is 5. The van der Waals surface area contributed by atoms with Crippen LogP contribution in [0.2, 0.25) is 0 Å². The molecule has 0 spiro atoms. The molecule has 7 nitrogen and oxygen atoms in total. The molecule has 1 aromatic heterocycles. The van der Waals surface area contributed by atoms with Crippen LogP contribution in [-0.4, -0.2) is 44.3 Å². The second-order valence-electron chi connectivity index (χ2n) is 5.18. The van der Waals surface area contributed by atoms with Gasteiger partial charge < -0.3 is 10.1 Å². The van der Waals surface area contributed by atoms with E-state index in [0.29, 0.717) is 18.7 Å². The number of nitrogens with one attached hydrogen (secondary N) is 2. The van der Waals surface area contributed by atoms with E-state index in [1.165, 1.54) is 0 Å². The molecule has 21 heavy (non-hydrogen) atoms. The number of amides is 1. The zero-order valence-electron chi connectivity index (χ0n) is 11.8. The lowest BCUT2D eigenvalue weighted by molar-refractivity contribution is 0.0921. The first-order chi connectivity index (χ1) is 9.84. The Balaban J connectivity index is 2.21. The summed E-state index contributed by atoms with van der Waals surface area (Å²) in [4.78, 5) is 12.0. The number of hydrogen-bond donors (Lipinski definition) is 2. The number of carbonyl (C=O) groups is 1. The van der Waals surface area contributed by atoms with Gasteiger partial charge in [-0.15, -0.1) is 0 Å². The largest absolute Gasteiger partial charge is 0.385 e. The van der Waals surface area contributed by atoms with E-state index >= 15 is 0 Å². The number of methoxy groups -OCH3 is 1. The van der Waals surface area contributed by atoms with Crippen molar-refractivity contribution in [3.05, 3.63) is 11.4 Å². The van der Waals surface area contributed by atoms with E-state index in [9.17, 15) is 13.2 Å². The monoisotopic (exact) mass is 335 g/mol. The fraction of sp³-hybridized carbons (Fsp3) is 0.667. The SMILES string of the molecule is COCCC(C)NC(=O)c1n[nH]c(C2CC2)c1S(=O)(=O)Cl. The van der Waals surface area contributed by atoms with Crippen LogP contribution in [0.25, 0.3) is 0 Å². The van der Waals surface area contributed by atoms with E-state index in [4.69, 9.17) is 15.4 Å². The number of aromatic nitrogens is 2. The molecule has 9 heteroatoms. The molecule has 118 valence electrons. The van der Waals surface area contributed by atoms with Gasteiger partial charge in [0.05, 0.1) is 5.69 Å². The Labute approximate surface area is 127 Å².